The van der Waals surface area contributed by atoms with Crippen molar-refractivity contribution >= 4 is 10.0 Å². The quantitative estimate of drug-likeness (QED) is 0.725. The van der Waals surface area contributed by atoms with E-state index in [9.17, 15) is 8.42 Å². The van der Waals surface area contributed by atoms with Crippen LogP contribution in [0.15, 0.2) is 0 Å². The molecular formula is C12H28N2O2S. The van der Waals surface area contributed by atoms with Gasteiger partial charge in [-0.25, -0.2) is 12.7 Å². The summed E-state index contributed by atoms with van der Waals surface area (Å²) in [4.78, 5) is 0. The molecule has 0 aromatic carbocycles. The molecule has 0 aliphatic heterocycles. The highest BCUT2D eigenvalue weighted by Crippen LogP contribution is 2.09. The molecule has 0 rings (SSSR count). The van der Waals surface area contributed by atoms with E-state index in [0.717, 1.165) is 6.42 Å². The maximum Gasteiger partial charge on any atom is 0.217 e. The van der Waals surface area contributed by atoms with E-state index in [1.807, 2.05) is 13.8 Å². The third-order valence-corrected chi connectivity index (χ3v) is 5.01. The third kappa shape index (κ3) is 6.38. The van der Waals surface area contributed by atoms with E-state index in [0.29, 0.717) is 25.0 Å². The molecule has 1 atom stereocenters. The SMILES string of the molecule is CC(C)CCN(C)S(=O)(=O)C(C)CNC(C)C. The predicted molar refractivity (Wildman–Crippen MR) is 73.6 cm³/mol. The van der Waals surface area contributed by atoms with Crippen LogP contribution in [0, 0.1) is 5.92 Å². The summed E-state index contributed by atoms with van der Waals surface area (Å²) in [6.07, 6.45) is 0.903. The lowest BCUT2D eigenvalue weighted by Crippen LogP contribution is -2.42. The monoisotopic (exact) mass is 264 g/mol. The zero-order valence-corrected chi connectivity index (χ0v) is 12.8. The molecule has 0 saturated heterocycles. The van der Waals surface area contributed by atoms with Gasteiger partial charge in [-0.2, -0.15) is 0 Å². The second-order valence-electron chi connectivity index (χ2n) is 5.42. The van der Waals surface area contributed by atoms with Gasteiger partial charge in [0.25, 0.3) is 0 Å². The molecule has 0 heterocycles. The summed E-state index contributed by atoms with van der Waals surface area (Å²) in [6, 6.07) is 0.314. The van der Waals surface area contributed by atoms with Gasteiger partial charge in [0.05, 0.1) is 5.25 Å². The standard InChI is InChI=1S/C12H28N2O2S/c1-10(2)7-8-14(6)17(15,16)12(5)9-13-11(3)4/h10-13H,7-9H2,1-6H3. The van der Waals surface area contributed by atoms with Crippen molar-refractivity contribution in [2.75, 3.05) is 20.1 Å². The first-order valence-electron chi connectivity index (χ1n) is 6.36. The predicted octanol–water partition coefficient (Wildman–Crippen LogP) is 1.68. The Kier molecular flexibility index (Phi) is 7.28. The normalized spacial score (nSPS) is 14.9. The fourth-order valence-corrected chi connectivity index (χ4v) is 2.66. The number of rotatable bonds is 8. The largest absolute Gasteiger partial charge is 0.313 e. The van der Waals surface area contributed by atoms with E-state index in [2.05, 4.69) is 19.2 Å². The van der Waals surface area contributed by atoms with Crippen LogP contribution in [0.4, 0.5) is 0 Å². The highest BCUT2D eigenvalue weighted by atomic mass is 32.2. The Morgan fingerprint density at radius 1 is 1.12 bits per heavy atom. The van der Waals surface area contributed by atoms with E-state index < -0.39 is 10.0 Å². The minimum Gasteiger partial charge on any atom is -0.313 e. The number of nitrogens with zero attached hydrogens (tertiary/aromatic N) is 1. The molecule has 0 aliphatic carbocycles. The topological polar surface area (TPSA) is 49.4 Å². The number of sulfonamides is 1. The van der Waals surface area contributed by atoms with Crippen LogP contribution >= 0.6 is 0 Å². The van der Waals surface area contributed by atoms with Gasteiger partial charge in [-0.1, -0.05) is 27.7 Å². The number of hydrogen-bond acceptors (Lipinski definition) is 3. The van der Waals surface area contributed by atoms with Crippen LogP contribution in [0.25, 0.3) is 0 Å². The number of nitrogens with one attached hydrogen (secondary N) is 1. The van der Waals surface area contributed by atoms with E-state index in [1.165, 1.54) is 4.31 Å². The Morgan fingerprint density at radius 3 is 2.06 bits per heavy atom. The Bertz CT molecular complexity index is 276. The van der Waals surface area contributed by atoms with Crippen LogP contribution in [-0.2, 0) is 10.0 Å². The van der Waals surface area contributed by atoms with Crippen LogP contribution in [0.2, 0.25) is 0 Å². The van der Waals surface area contributed by atoms with Crippen molar-refractivity contribution in [3.05, 3.63) is 0 Å². The first kappa shape index (κ1) is 16.9. The summed E-state index contributed by atoms with van der Waals surface area (Å²) >= 11 is 0. The van der Waals surface area contributed by atoms with Gasteiger partial charge in [0.15, 0.2) is 0 Å². The lowest BCUT2D eigenvalue weighted by molar-refractivity contribution is 0.419. The molecule has 17 heavy (non-hydrogen) atoms. The van der Waals surface area contributed by atoms with Gasteiger partial charge in [0.1, 0.15) is 0 Å². The maximum atomic E-state index is 12.1. The number of hydrogen-bond donors (Lipinski definition) is 1. The zero-order valence-electron chi connectivity index (χ0n) is 12.0. The van der Waals surface area contributed by atoms with Crippen LogP contribution in [0.3, 0.4) is 0 Å². The molecule has 104 valence electrons. The van der Waals surface area contributed by atoms with Gasteiger partial charge in [0.2, 0.25) is 10.0 Å². The Balaban J connectivity index is 4.33. The van der Waals surface area contributed by atoms with Gasteiger partial charge in [-0.05, 0) is 19.3 Å². The second kappa shape index (κ2) is 7.34. The summed E-state index contributed by atoms with van der Waals surface area (Å²) in [5, 5.41) is 2.79. The van der Waals surface area contributed by atoms with E-state index >= 15 is 0 Å². The van der Waals surface area contributed by atoms with Gasteiger partial charge in [0, 0.05) is 26.2 Å². The zero-order chi connectivity index (χ0) is 13.6. The van der Waals surface area contributed by atoms with Crippen molar-refractivity contribution in [3.8, 4) is 0 Å². The summed E-state index contributed by atoms with van der Waals surface area (Å²) in [5.41, 5.74) is 0. The summed E-state index contributed by atoms with van der Waals surface area (Å²) in [6.45, 7) is 11.1. The van der Waals surface area contributed by atoms with Crippen molar-refractivity contribution in [3.63, 3.8) is 0 Å². The molecule has 0 aliphatic rings. The molecule has 0 bridgehead atoms. The van der Waals surface area contributed by atoms with Gasteiger partial charge in [-0.15, -0.1) is 0 Å². The third-order valence-electron chi connectivity index (χ3n) is 2.78. The van der Waals surface area contributed by atoms with Gasteiger partial charge in [-0.3, -0.25) is 0 Å². The average molecular weight is 264 g/mol. The van der Waals surface area contributed by atoms with Crippen LogP contribution in [0.5, 0.6) is 0 Å². The molecule has 0 aromatic rings. The molecule has 0 saturated carbocycles. The molecule has 4 nitrogen and oxygen atoms in total. The molecular weight excluding hydrogens is 236 g/mol. The second-order valence-corrected chi connectivity index (χ2v) is 7.88. The van der Waals surface area contributed by atoms with E-state index in [-0.39, 0.29) is 5.25 Å². The fraction of sp³-hybridized carbons (Fsp3) is 1.00. The lowest BCUT2D eigenvalue weighted by Gasteiger charge is -2.23. The van der Waals surface area contributed by atoms with E-state index in [4.69, 9.17) is 0 Å². The molecule has 0 radical (unpaired) electrons. The Hall–Kier alpha value is -0.130. The van der Waals surface area contributed by atoms with Crippen molar-refractivity contribution < 1.29 is 8.42 Å². The van der Waals surface area contributed by atoms with Crippen LogP contribution in [0.1, 0.15) is 41.0 Å². The highest BCUT2D eigenvalue weighted by molar-refractivity contribution is 7.89. The minimum absolute atomic E-state index is 0.314. The first-order valence-corrected chi connectivity index (χ1v) is 7.86. The molecule has 0 amide bonds. The minimum atomic E-state index is -3.16. The maximum absolute atomic E-state index is 12.1. The summed E-state index contributed by atoms with van der Waals surface area (Å²) in [7, 11) is -1.49. The van der Waals surface area contributed by atoms with Crippen LogP contribution in [-0.4, -0.2) is 44.2 Å². The lowest BCUT2D eigenvalue weighted by atomic mass is 10.1. The van der Waals surface area contributed by atoms with Crippen molar-refractivity contribution in [1.82, 2.24) is 9.62 Å². The Labute approximate surface area is 107 Å². The van der Waals surface area contributed by atoms with E-state index in [1.54, 1.807) is 14.0 Å². The van der Waals surface area contributed by atoms with Crippen molar-refractivity contribution in [1.29, 1.82) is 0 Å². The molecule has 0 fully saturated rings. The summed E-state index contributed by atoms with van der Waals surface area (Å²) < 4.78 is 25.8. The Morgan fingerprint density at radius 2 is 1.65 bits per heavy atom. The molecule has 0 spiro atoms. The van der Waals surface area contributed by atoms with Gasteiger partial charge < -0.3 is 5.32 Å². The average Bonchev–Trinajstić information content (AvgIpc) is 2.21. The van der Waals surface area contributed by atoms with Crippen molar-refractivity contribution in [2.24, 2.45) is 5.92 Å². The van der Waals surface area contributed by atoms with Gasteiger partial charge >= 0.3 is 0 Å². The van der Waals surface area contributed by atoms with Crippen LogP contribution < -0.4 is 5.32 Å². The molecule has 1 N–H and O–H groups in total. The summed E-state index contributed by atoms with van der Waals surface area (Å²) in [5.74, 6) is 0.525. The molecule has 0 aromatic heterocycles. The fourth-order valence-electron chi connectivity index (χ4n) is 1.38. The molecule has 5 heteroatoms. The molecule has 1 unspecified atom stereocenters. The highest BCUT2D eigenvalue weighted by Gasteiger charge is 2.25. The first-order chi connectivity index (χ1) is 7.67. The van der Waals surface area contributed by atoms with Crippen molar-refractivity contribution in [2.45, 2.75) is 52.3 Å². The smallest absolute Gasteiger partial charge is 0.217 e.